The first kappa shape index (κ1) is 16.5. The third-order valence-electron chi connectivity index (χ3n) is 3.15. The van der Waals surface area contributed by atoms with E-state index in [1.165, 1.54) is 6.92 Å². The van der Waals surface area contributed by atoms with Crippen LogP contribution in [0.3, 0.4) is 0 Å². The van der Waals surface area contributed by atoms with Gasteiger partial charge in [-0.05, 0) is 31.2 Å². The Hall–Kier alpha value is -2.90. The van der Waals surface area contributed by atoms with Crippen molar-refractivity contribution in [2.75, 3.05) is 12.4 Å². The summed E-state index contributed by atoms with van der Waals surface area (Å²) in [6.45, 7) is 1.46. The molecular formula is C15H17N3O5. The number of carbonyl (C=O) groups is 3. The number of methoxy groups -OCH3 is 1. The second-order valence-corrected chi connectivity index (χ2v) is 4.86. The molecule has 0 bridgehead atoms. The number of anilines is 1. The zero-order valence-corrected chi connectivity index (χ0v) is 12.8. The molecule has 0 fully saturated rings. The van der Waals surface area contributed by atoms with Crippen LogP contribution in [-0.4, -0.2) is 36.7 Å². The van der Waals surface area contributed by atoms with Crippen molar-refractivity contribution in [3.8, 4) is 5.75 Å². The molecule has 2 amide bonds. The molecule has 1 heterocycles. The standard InChI is InChI=1S/C15H17N3O5/c1-9(23-15(21)12-7-8-13(19)18-17-12)14(20)16-10-3-5-11(22-2)6-4-10/h3-6,9H,7-8H2,1-2H3,(H,16,20)(H,18,19)/t9-/m1/s1. The predicted octanol–water partition coefficient (Wildman–Crippen LogP) is 0.831. The lowest BCUT2D eigenvalue weighted by Crippen LogP contribution is -2.35. The summed E-state index contributed by atoms with van der Waals surface area (Å²) in [5.74, 6) is -0.780. The predicted molar refractivity (Wildman–Crippen MR) is 82.0 cm³/mol. The fourth-order valence-corrected chi connectivity index (χ4v) is 1.82. The Labute approximate surface area is 132 Å². The van der Waals surface area contributed by atoms with Crippen molar-refractivity contribution in [2.45, 2.75) is 25.9 Å². The molecule has 0 saturated carbocycles. The minimum Gasteiger partial charge on any atom is -0.497 e. The Morgan fingerprint density at radius 3 is 2.52 bits per heavy atom. The summed E-state index contributed by atoms with van der Waals surface area (Å²) in [6.07, 6.45) is -0.636. The molecule has 122 valence electrons. The molecule has 1 atom stereocenters. The zero-order chi connectivity index (χ0) is 16.8. The van der Waals surface area contributed by atoms with Crippen LogP contribution in [0, 0.1) is 0 Å². The van der Waals surface area contributed by atoms with Gasteiger partial charge in [-0.2, -0.15) is 5.10 Å². The SMILES string of the molecule is COc1ccc(NC(=O)[C@@H](C)OC(=O)C2=NNC(=O)CC2)cc1. The van der Waals surface area contributed by atoms with E-state index >= 15 is 0 Å². The lowest BCUT2D eigenvalue weighted by atomic mass is 10.2. The van der Waals surface area contributed by atoms with E-state index in [0.29, 0.717) is 11.4 Å². The van der Waals surface area contributed by atoms with Crippen molar-refractivity contribution >= 4 is 29.2 Å². The number of nitrogens with one attached hydrogen (secondary N) is 2. The van der Waals surface area contributed by atoms with Crippen LogP contribution in [-0.2, 0) is 19.1 Å². The van der Waals surface area contributed by atoms with Gasteiger partial charge in [0.1, 0.15) is 11.5 Å². The highest BCUT2D eigenvalue weighted by Crippen LogP contribution is 2.15. The van der Waals surface area contributed by atoms with Gasteiger partial charge in [-0.15, -0.1) is 0 Å². The monoisotopic (exact) mass is 319 g/mol. The number of hydrazone groups is 1. The molecule has 2 rings (SSSR count). The molecule has 1 aromatic carbocycles. The Kier molecular flexibility index (Phi) is 5.29. The number of hydrogen-bond donors (Lipinski definition) is 2. The topological polar surface area (TPSA) is 106 Å². The van der Waals surface area contributed by atoms with Crippen LogP contribution in [0.5, 0.6) is 5.75 Å². The summed E-state index contributed by atoms with van der Waals surface area (Å²) < 4.78 is 10.1. The maximum atomic E-state index is 12.0. The molecule has 2 N–H and O–H groups in total. The summed E-state index contributed by atoms with van der Waals surface area (Å²) in [7, 11) is 1.55. The molecule has 0 unspecified atom stereocenters. The van der Waals surface area contributed by atoms with E-state index in [1.54, 1.807) is 31.4 Å². The van der Waals surface area contributed by atoms with Gasteiger partial charge in [-0.1, -0.05) is 0 Å². The molecule has 1 aromatic rings. The number of ether oxygens (including phenoxy) is 2. The molecule has 0 aromatic heterocycles. The van der Waals surface area contributed by atoms with E-state index in [4.69, 9.17) is 9.47 Å². The summed E-state index contributed by atoms with van der Waals surface area (Å²) in [4.78, 5) is 34.8. The number of hydrogen-bond acceptors (Lipinski definition) is 6. The quantitative estimate of drug-likeness (QED) is 0.782. The second kappa shape index (κ2) is 7.39. The number of esters is 1. The van der Waals surface area contributed by atoms with Crippen molar-refractivity contribution in [3.63, 3.8) is 0 Å². The fourth-order valence-electron chi connectivity index (χ4n) is 1.82. The maximum absolute atomic E-state index is 12.0. The highest BCUT2D eigenvalue weighted by Gasteiger charge is 2.24. The van der Waals surface area contributed by atoms with Crippen molar-refractivity contribution in [1.82, 2.24) is 5.43 Å². The van der Waals surface area contributed by atoms with Crippen LogP contribution in [0.15, 0.2) is 29.4 Å². The van der Waals surface area contributed by atoms with Crippen LogP contribution < -0.4 is 15.5 Å². The lowest BCUT2D eigenvalue weighted by Gasteiger charge is -2.16. The average Bonchev–Trinajstić information content (AvgIpc) is 2.56. The lowest BCUT2D eigenvalue weighted by molar-refractivity contribution is -0.146. The molecule has 8 nitrogen and oxygen atoms in total. The largest absolute Gasteiger partial charge is 0.497 e. The maximum Gasteiger partial charge on any atom is 0.355 e. The van der Waals surface area contributed by atoms with Crippen molar-refractivity contribution in [2.24, 2.45) is 5.10 Å². The Morgan fingerprint density at radius 2 is 1.96 bits per heavy atom. The van der Waals surface area contributed by atoms with Gasteiger partial charge in [-0.25, -0.2) is 10.2 Å². The normalized spacial score (nSPS) is 15.0. The van der Waals surface area contributed by atoms with E-state index in [-0.39, 0.29) is 24.5 Å². The van der Waals surface area contributed by atoms with Gasteiger partial charge in [0.05, 0.1) is 7.11 Å². The zero-order valence-electron chi connectivity index (χ0n) is 12.8. The van der Waals surface area contributed by atoms with Crippen LogP contribution in [0.1, 0.15) is 19.8 Å². The smallest absolute Gasteiger partial charge is 0.355 e. The van der Waals surface area contributed by atoms with Gasteiger partial charge >= 0.3 is 5.97 Å². The van der Waals surface area contributed by atoms with E-state index in [0.717, 1.165) is 0 Å². The van der Waals surface area contributed by atoms with E-state index in [9.17, 15) is 14.4 Å². The average molecular weight is 319 g/mol. The van der Waals surface area contributed by atoms with Gasteiger partial charge < -0.3 is 14.8 Å². The molecular weight excluding hydrogens is 302 g/mol. The number of nitrogens with zero attached hydrogens (tertiary/aromatic N) is 1. The van der Waals surface area contributed by atoms with E-state index in [2.05, 4.69) is 15.8 Å². The Balaban J connectivity index is 1.89. The first-order valence-electron chi connectivity index (χ1n) is 7.01. The van der Waals surface area contributed by atoms with Crippen molar-refractivity contribution < 1.29 is 23.9 Å². The van der Waals surface area contributed by atoms with Crippen molar-refractivity contribution in [1.29, 1.82) is 0 Å². The minimum absolute atomic E-state index is 0.0914. The molecule has 1 aliphatic rings. The van der Waals surface area contributed by atoms with Gasteiger partial charge in [0.25, 0.3) is 5.91 Å². The number of rotatable bonds is 5. The molecule has 0 spiro atoms. The van der Waals surface area contributed by atoms with Crippen LogP contribution in [0.4, 0.5) is 5.69 Å². The molecule has 0 aliphatic carbocycles. The highest BCUT2D eigenvalue weighted by atomic mass is 16.5. The van der Waals surface area contributed by atoms with E-state index < -0.39 is 18.0 Å². The summed E-state index contributed by atoms with van der Waals surface area (Å²) in [6, 6.07) is 6.75. The molecule has 23 heavy (non-hydrogen) atoms. The summed E-state index contributed by atoms with van der Waals surface area (Å²) >= 11 is 0. The van der Waals surface area contributed by atoms with E-state index in [1.807, 2.05) is 0 Å². The molecule has 8 heteroatoms. The summed E-state index contributed by atoms with van der Waals surface area (Å²) in [5, 5.41) is 6.25. The van der Waals surface area contributed by atoms with Crippen molar-refractivity contribution in [3.05, 3.63) is 24.3 Å². The number of benzene rings is 1. The molecule has 1 aliphatic heterocycles. The first-order valence-corrected chi connectivity index (χ1v) is 7.01. The van der Waals surface area contributed by atoms with Crippen LogP contribution in [0.2, 0.25) is 0 Å². The van der Waals surface area contributed by atoms with Crippen LogP contribution in [0.25, 0.3) is 0 Å². The van der Waals surface area contributed by atoms with Crippen LogP contribution >= 0.6 is 0 Å². The fraction of sp³-hybridized carbons (Fsp3) is 0.333. The second-order valence-electron chi connectivity index (χ2n) is 4.86. The van der Waals surface area contributed by atoms with Gasteiger partial charge in [0.15, 0.2) is 6.10 Å². The summed E-state index contributed by atoms with van der Waals surface area (Å²) in [5.41, 5.74) is 2.85. The molecule has 0 saturated heterocycles. The number of carbonyl (C=O) groups excluding carboxylic acids is 3. The van der Waals surface area contributed by atoms with Gasteiger partial charge in [0, 0.05) is 18.5 Å². The highest BCUT2D eigenvalue weighted by molar-refractivity contribution is 6.37. The first-order chi connectivity index (χ1) is 11.0. The molecule has 0 radical (unpaired) electrons. The Morgan fingerprint density at radius 1 is 1.26 bits per heavy atom. The van der Waals surface area contributed by atoms with Gasteiger partial charge in [-0.3, -0.25) is 9.59 Å². The third kappa shape index (κ3) is 4.53. The third-order valence-corrected chi connectivity index (χ3v) is 3.15. The number of amides is 2. The van der Waals surface area contributed by atoms with Gasteiger partial charge in [0.2, 0.25) is 5.91 Å². The Bertz CT molecular complexity index is 639. The minimum atomic E-state index is -0.995.